The van der Waals surface area contributed by atoms with Crippen LogP contribution in [0.2, 0.25) is 0 Å². The van der Waals surface area contributed by atoms with Gasteiger partial charge in [0.05, 0.1) is 18.6 Å². The molecule has 4 aliphatic carbocycles. The van der Waals surface area contributed by atoms with Crippen molar-refractivity contribution in [3.63, 3.8) is 0 Å². The Labute approximate surface area is 192 Å². The highest BCUT2D eigenvalue weighted by molar-refractivity contribution is 8.04. The predicted octanol–water partition coefficient (Wildman–Crippen LogP) is 5.42. The van der Waals surface area contributed by atoms with E-state index in [0.717, 1.165) is 17.7 Å². The Kier molecular flexibility index (Phi) is 4.87. The molecule has 0 spiro atoms. The van der Waals surface area contributed by atoms with Gasteiger partial charge in [0.25, 0.3) is 0 Å². The first-order valence-corrected chi connectivity index (χ1v) is 12.1. The average molecular weight is 443 g/mol. The van der Waals surface area contributed by atoms with Crippen LogP contribution in [-0.2, 0) is 4.74 Å². The van der Waals surface area contributed by atoms with Gasteiger partial charge < -0.3 is 15.2 Å². The van der Waals surface area contributed by atoms with Gasteiger partial charge in [0.2, 0.25) is 0 Å². The average Bonchev–Trinajstić information content (AvgIpc) is 3.22. The summed E-state index contributed by atoms with van der Waals surface area (Å²) in [5, 5.41) is 14.3. The molecule has 0 bridgehead atoms. The highest BCUT2D eigenvalue weighted by Gasteiger charge is 2.43. The topological polar surface area (TPSA) is 53.9 Å². The summed E-state index contributed by atoms with van der Waals surface area (Å²) in [4.78, 5) is 6.44. The van der Waals surface area contributed by atoms with Gasteiger partial charge in [-0.1, -0.05) is 60.8 Å². The number of allylic oxidation sites excluding steroid dienone is 13. The van der Waals surface area contributed by atoms with Crippen molar-refractivity contribution in [2.45, 2.75) is 24.3 Å². The Balaban J connectivity index is 1.44. The lowest BCUT2D eigenvalue weighted by Gasteiger charge is -2.35. The smallest absolute Gasteiger partial charge is 0.190 e. The Bertz CT molecular complexity index is 1160. The van der Waals surface area contributed by atoms with E-state index in [0.29, 0.717) is 35.1 Å². The number of rotatable bonds is 3. The number of thioether (sulfide) groups is 1. The third-order valence-corrected chi connectivity index (χ3v) is 8.26. The predicted molar refractivity (Wildman–Crippen MR) is 131 cm³/mol. The van der Waals surface area contributed by atoms with Crippen molar-refractivity contribution in [1.82, 2.24) is 5.32 Å². The molecule has 0 aromatic carbocycles. The lowest BCUT2D eigenvalue weighted by atomic mass is 9.69. The third kappa shape index (κ3) is 3.18. The van der Waals surface area contributed by atoms with Crippen LogP contribution in [0.4, 0.5) is 0 Å². The molecule has 6 aliphatic rings. The number of aliphatic imine (C=N–C) groups is 1. The summed E-state index contributed by atoms with van der Waals surface area (Å²) < 4.78 is 5.61. The number of nitrogens with one attached hydrogen (secondary N) is 1. The molecule has 6 rings (SSSR count). The second-order valence-electron chi connectivity index (χ2n) is 8.74. The quantitative estimate of drug-likeness (QED) is 0.613. The van der Waals surface area contributed by atoms with E-state index in [1.54, 1.807) is 7.11 Å². The number of ether oxygens (including phenoxy) is 1. The molecule has 0 aromatic rings. The lowest BCUT2D eigenvalue weighted by Crippen LogP contribution is -2.36. The summed E-state index contributed by atoms with van der Waals surface area (Å²) >= 11 is 1.96. The number of hydrogen-bond donors (Lipinski definition) is 2. The molecule has 5 heteroatoms. The molecule has 0 saturated carbocycles. The number of nitrogens with zero attached hydrogens (tertiary/aromatic N) is 1. The van der Waals surface area contributed by atoms with E-state index in [2.05, 4.69) is 66.1 Å². The van der Waals surface area contributed by atoms with E-state index < -0.39 is 0 Å². The first-order valence-electron chi connectivity index (χ1n) is 11.2. The fourth-order valence-electron chi connectivity index (χ4n) is 5.40. The van der Waals surface area contributed by atoms with Gasteiger partial charge in [0.1, 0.15) is 0 Å². The van der Waals surface area contributed by atoms with Gasteiger partial charge in [-0.05, 0) is 23.6 Å². The first kappa shape index (κ1) is 19.7. The molecule has 2 N–H and O–H groups in total. The lowest BCUT2D eigenvalue weighted by molar-refractivity contribution is 0.251. The molecule has 4 nitrogen and oxygen atoms in total. The fraction of sp³-hybridized carbons (Fsp3) is 0.296. The van der Waals surface area contributed by atoms with Crippen molar-refractivity contribution in [3.8, 4) is 0 Å². The first-order chi connectivity index (χ1) is 15.7. The van der Waals surface area contributed by atoms with Crippen LogP contribution < -0.4 is 5.32 Å². The van der Waals surface area contributed by atoms with E-state index in [4.69, 9.17) is 9.73 Å². The number of methoxy groups -OCH3 is 1. The van der Waals surface area contributed by atoms with Crippen LogP contribution in [0, 0.1) is 17.8 Å². The van der Waals surface area contributed by atoms with E-state index in [1.807, 2.05) is 23.9 Å². The largest absolute Gasteiger partial charge is 0.512 e. The number of aliphatic hydroxyl groups is 1. The number of aliphatic hydroxyl groups excluding tert-OH is 1. The van der Waals surface area contributed by atoms with Crippen molar-refractivity contribution in [2.75, 3.05) is 7.11 Å². The van der Waals surface area contributed by atoms with Crippen LogP contribution in [0.5, 0.6) is 0 Å². The highest BCUT2D eigenvalue weighted by atomic mass is 32.2. The van der Waals surface area contributed by atoms with Gasteiger partial charge in [-0.3, -0.25) is 4.99 Å². The number of fused-ring (bicyclic) bond motifs is 4. The molecule has 5 unspecified atom stereocenters. The summed E-state index contributed by atoms with van der Waals surface area (Å²) in [6.07, 6.45) is 27.6. The van der Waals surface area contributed by atoms with Gasteiger partial charge in [-0.15, -0.1) is 11.8 Å². The van der Waals surface area contributed by atoms with Gasteiger partial charge in [0.15, 0.2) is 12.0 Å². The second-order valence-corrected chi connectivity index (χ2v) is 9.96. The minimum Gasteiger partial charge on any atom is -0.512 e. The highest BCUT2D eigenvalue weighted by Crippen LogP contribution is 2.54. The van der Waals surface area contributed by atoms with Crippen LogP contribution in [0.1, 0.15) is 12.8 Å². The van der Waals surface area contributed by atoms with E-state index in [9.17, 15) is 5.11 Å². The van der Waals surface area contributed by atoms with Crippen LogP contribution in [0.25, 0.3) is 0 Å². The molecule has 32 heavy (non-hydrogen) atoms. The third-order valence-electron chi connectivity index (χ3n) is 6.93. The maximum atomic E-state index is 10.5. The van der Waals surface area contributed by atoms with Gasteiger partial charge in [-0.2, -0.15) is 0 Å². The molecule has 162 valence electrons. The van der Waals surface area contributed by atoms with E-state index in [-0.39, 0.29) is 12.1 Å². The standard InChI is InChI=1S/C27H26N2O2S/c1-31-25-15-21(28-27(29-25)18-10-4-6-12-22(18)30)20-14-24-26(17-9-3-2-8-16(17)20)19-11-5-7-13-23(19)32-24/h2-5,7-11,13-17,19,23,27,29-30H,6,12H2,1H3. The van der Waals surface area contributed by atoms with Crippen molar-refractivity contribution in [2.24, 2.45) is 22.7 Å². The maximum absolute atomic E-state index is 10.5. The minimum atomic E-state index is -0.357. The van der Waals surface area contributed by atoms with Crippen LogP contribution >= 0.6 is 11.8 Å². The molecular formula is C27H26N2O2S. The molecule has 5 atom stereocenters. The Morgan fingerprint density at radius 3 is 2.62 bits per heavy atom. The summed E-state index contributed by atoms with van der Waals surface area (Å²) in [5.41, 5.74) is 4.50. The summed E-state index contributed by atoms with van der Waals surface area (Å²) in [7, 11) is 1.67. The molecule has 2 aliphatic heterocycles. The molecule has 0 amide bonds. The van der Waals surface area contributed by atoms with Crippen molar-refractivity contribution >= 4 is 17.5 Å². The number of hydrogen-bond acceptors (Lipinski definition) is 5. The minimum absolute atomic E-state index is 0.244. The summed E-state index contributed by atoms with van der Waals surface area (Å²) in [6, 6.07) is 0. The van der Waals surface area contributed by atoms with Gasteiger partial charge in [-0.25, -0.2) is 0 Å². The van der Waals surface area contributed by atoms with E-state index >= 15 is 0 Å². The van der Waals surface area contributed by atoms with Crippen LogP contribution in [-0.4, -0.2) is 29.3 Å². The van der Waals surface area contributed by atoms with Gasteiger partial charge >= 0.3 is 0 Å². The summed E-state index contributed by atoms with van der Waals surface area (Å²) in [6.45, 7) is 0. The second kappa shape index (κ2) is 7.89. The Morgan fingerprint density at radius 2 is 1.81 bits per heavy atom. The van der Waals surface area contributed by atoms with Crippen LogP contribution in [0.3, 0.4) is 0 Å². The Morgan fingerprint density at radius 1 is 1.03 bits per heavy atom. The van der Waals surface area contributed by atoms with E-state index in [1.165, 1.54) is 16.1 Å². The normalized spacial score (nSPS) is 34.4. The molecule has 0 saturated heterocycles. The monoisotopic (exact) mass is 442 g/mol. The van der Waals surface area contributed by atoms with Gasteiger partial charge in [0, 0.05) is 46.0 Å². The van der Waals surface area contributed by atoms with Crippen molar-refractivity contribution in [1.29, 1.82) is 0 Å². The molecule has 0 fully saturated rings. The van der Waals surface area contributed by atoms with Crippen LogP contribution in [0.15, 0.2) is 111 Å². The zero-order valence-electron chi connectivity index (χ0n) is 17.9. The Hall–Kier alpha value is -2.92. The van der Waals surface area contributed by atoms with Crippen molar-refractivity contribution < 1.29 is 9.84 Å². The molecular weight excluding hydrogens is 416 g/mol. The zero-order valence-corrected chi connectivity index (χ0v) is 18.8. The SMILES string of the molecule is COC1=CC(C2=CC3=C(C4C=CC=CC4S3)C3C=CC=CC23)=NC(C2=C(O)CCC=C2)N1. The fourth-order valence-corrected chi connectivity index (χ4v) is 6.85. The maximum Gasteiger partial charge on any atom is 0.190 e. The molecule has 0 aromatic heterocycles. The zero-order chi connectivity index (χ0) is 21.7. The van der Waals surface area contributed by atoms with Crippen molar-refractivity contribution in [3.05, 3.63) is 106 Å². The molecule has 0 radical (unpaired) electrons. The molecule has 2 heterocycles. The summed E-state index contributed by atoms with van der Waals surface area (Å²) in [5.74, 6) is 2.12.